The zero-order chi connectivity index (χ0) is 12.8. The SMILES string of the molecule is CCCNC(C)c1cccc(N2CCCCC2)c1. The van der Waals surface area contributed by atoms with Gasteiger partial charge in [0.1, 0.15) is 0 Å². The lowest BCUT2D eigenvalue weighted by atomic mass is 10.1. The minimum Gasteiger partial charge on any atom is -0.372 e. The predicted molar refractivity (Wildman–Crippen MR) is 79.2 cm³/mol. The van der Waals surface area contributed by atoms with Gasteiger partial charge in [0.2, 0.25) is 0 Å². The largest absolute Gasteiger partial charge is 0.372 e. The molecule has 1 fully saturated rings. The van der Waals surface area contributed by atoms with E-state index in [1.807, 2.05) is 0 Å². The average Bonchev–Trinajstić information content (AvgIpc) is 2.46. The summed E-state index contributed by atoms with van der Waals surface area (Å²) >= 11 is 0. The minimum absolute atomic E-state index is 0.453. The molecule has 1 aromatic carbocycles. The van der Waals surface area contributed by atoms with Crippen molar-refractivity contribution < 1.29 is 0 Å². The fraction of sp³-hybridized carbons (Fsp3) is 0.625. The first-order valence-electron chi connectivity index (χ1n) is 7.39. The molecule has 0 amide bonds. The number of piperidine rings is 1. The van der Waals surface area contributed by atoms with Crippen LogP contribution in [0.2, 0.25) is 0 Å². The first kappa shape index (κ1) is 13.4. The first-order chi connectivity index (χ1) is 8.81. The van der Waals surface area contributed by atoms with Gasteiger partial charge in [0.25, 0.3) is 0 Å². The summed E-state index contributed by atoms with van der Waals surface area (Å²) in [5, 5.41) is 3.56. The maximum Gasteiger partial charge on any atom is 0.0369 e. The monoisotopic (exact) mass is 246 g/mol. The topological polar surface area (TPSA) is 15.3 Å². The van der Waals surface area contributed by atoms with E-state index in [0.29, 0.717) is 6.04 Å². The molecule has 0 aromatic heterocycles. The molecule has 2 rings (SSSR count). The van der Waals surface area contributed by atoms with Crippen molar-refractivity contribution in [2.45, 2.75) is 45.6 Å². The molecule has 2 heteroatoms. The van der Waals surface area contributed by atoms with Crippen LogP contribution in [0.25, 0.3) is 0 Å². The molecule has 1 aliphatic rings. The van der Waals surface area contributed by atoms with Gasteiger partial charge in [0.05, 0.1) is 0 Å². The van der Waals surface area contributed by atoms with Crippen LogP contribution in [0.3, 0.4) is 0 Å². The molecule has 100 valence electrons. The minimum atomic E-state index is 0.453. The summed E-state index contributed by atoms with van der Waals surface area (Å²) in [6, 6.07) is 9.50. The van der Waals surface area contributed by atoms with Gasteiger partial charge >= 0.3 is 0 Å². The van der Waals surface area contributed by atoms with Crippen molar-refractivity contribution in [3.05, 3.63) is 29.8 Å². The Hall–Kier alpha value is -1.02. The first-order valence-corrected chi connectivity index (χ1v) is 7.39. The van der Waals surface area contributed by atoms with Crippen molar-refractivity contribution in [1.82, 2.24) is 5.32 Å². The Morgan fingerprint density at radius 1 is 1.22 bits per heavy atom. The highest BCUT2D eigenvalue weighted by Crippen LogP contribution is 2.23. The molecule has 1 aliphatic heterocycles. The van der Waals surface area contributed by atoms with Crippen LogP contribution in [-0.2, 0) is 0 Å². The van der Waals surface area contributed by atoms with E-state index in [-0.39, 0.29) is 0 Å². The van der Waals surface area contributed by atoms with Crippen molar-refractivity contribution in [2.75, 3.05) is 24.5 Å². The normalized spacial score (nSPS) is 17.8. The van der Waals surface area contributed by atoms with Gasteiger partial charge in [0.15, 0.2) is 0 Å². The number of nitrogens with one attached hydrogen (secondary N) is 1. The fourth-order valence-corrected chi connectivity index (χ4v) is 2.62. The summed E-state index contributed by atoms with van der Waals surface area (Å²) in [7, 11) is 0. The highest BCUT2D eigenvalue weighted by molar-refractivity contribution is 5.49. The van der Waals surface area contributed by atoms with Gasteiger partial charge in [-0.25, -0.2) is 0 Å². The van der Waals surface area contributed by atoms with Gasteiger partial charge in [-0.15, -0.1) is 0 Å². The van der Waals surface area contributed by atoms with Crippen LogP contribution in [0.15, 0.2) is 24.3 Å². The molecule has 0 spiro atoms. The van der Waals surface area contributed by atoms with Crippen LogP contribution >= 0.6 is 0 Å². The highest BCUT2D eigenvalue weighted by atomic mass is 15.1. The Labute approximate surface area is 111 Å². The van der Waals surface area contributed by atoms with Gasteiger partial charge in [-0.05, 0) is 56.8 Å². The Morgan fingerprint density at radius 3 is 2.72 bits per heavy atom. The maximum absolute atomic E-state index is 3.56. The van der Waals surface area contributed by atoms with Gasteiger partial charge in [-0.2, -0.15) is 0 Å². The maximum atomic E-state index is 3.56. The molecule has 0 aliphatic carbocycles. The van der Waals surface area contributed by atoms with Crippen LogP contribution in [0.4, 0.5) is 5.69 Å². The standard InChI is InChI=1S/C16H26N2/c1-3-10-17-14(2)15-8-7-9-16(13-15)18-11-5-4-6-12-18/h7-9,13-14,17H,3-6,10-12H2,1-2H3. The van der Waals surface area contributed by atoms with E-state index in [0.717, 1.165) is 6.54 Å². The van der Waals surface area contributed by atoms with Crippen LogP contribution < -0.4 is 10.2 Å². The van der Waals surface area contributed by atoms with E-state index < -0.39 is 0 Å². The number of rotatable bonds is 5. The van der Waals surface area contributed by atoms with Gasteiger partial charge in [0, 0.05) is 24.8 Å². The third-order valence-corrected chi connectivity index (χ3v) is 3.79. The third-order valence-electron chi connectivity index (χ3n) is 3.79. The molecule has 1 N–H and O–H groups in total. The molecule has 1 aromatic rings. The zero-order valence-corrected chi connectivity index (χ0v) is 11.8. The van der Waals surface area contributed by atoms with Crippen LogP contribution in [-0.4, -0.2) is 19.6 Å². The fourth-order valence-electron chi connectivity index (χ4n) is 2.62. The quantitative estimate of drug-likeness (QED) is 0.851. The number of anilines is 1. The lowest BCUT2D eigenvalue weighted by Gasteiger charge is -2.29. The average molecular weight is 246 g/mol. The molecule has 0 saturated carbocycles. The Bertz CT molecular complexity index is 356. The summed E-state index contributed by atoms with van der Waals surface area (Å²) in [6.45, 7) is 8.00. The van der Waals surface area contributed by atoms with E-state index >= 15 is 0 Å². The van der Waals surface area contributed by atoms with E-state index in [9.17, 15) is 0 Å². The van der Waals surface area contributed by atoms with Gasteiger partial charge < -0.3 is 10.2 Å². The third kappa shape index (κ3) is 3.49. The van der Waals surface area contributed by atoms with Crippen molar-refractivity contribution >= 4 is 5.69 Å². The summed E-state index contributed by atoms with van der Waals surface area (Å²) in [5.41, 5.74) is 2.81. The second kappa shape index (κ2) is 6.79. The molecule has 1 atom stereocenters. The molecule has 1 unspecified atom stereocenters. The summed E-state index contributed by atoms with van der Waals surface area (Å²) in [6.07, 6.45) is 5.27. The number of hydrogen-bond donors (Lipinski definition) is 1. The molecule has 1 saturated heterocycles. The smallest absolute Gasteiger partial charge is 0.0369 e. The molecule has 0 bridgehead atoms. The Morgan fingerprint density at radius 2 is 2.00 bits per heavy atom. The van der Waals surface area contributed by atoms with Crippen molar-refractivity contribution in [2.24, 2.45) is 0 Å². The van der Waals surface area contributed by atoms with Gasteiger partial charge in [-0.3, -0.25) is 0 Å². The zero-order valence-electron chi connectivity index (χ0n) is 11.8. The van der Waals surface area contributed by atoms with Crippen molar-refractivity contribution in [3.63, 3.8) is 0 Å². The highest BCUT2D eigenvalue weighted by Gasteiger charge is 2.12. The number of benzene rings is 1. The molecular formula is C16H26N2. The van der Waals surface area contributed by atoms with Crippen LogP contribution in [0, 0.1) is 0 Å². The summed E-state index contributed by atoms with van der Waals surface area (Å²) < 4.78 is 0. The van der Waals surface area contributed by atoms with E-state index in [4.69, 9.17) is 0 Å². The molecule has 1 heterocycles. The lowest BCUT2D eigenvalue weighted by Crippen LogP contribution is -2.29. The number of nitrogens with zero attached hydrogens (tertiary/aromatic N) is 1. The van der Waals surface area contributed by atoms with Crippen LogP contribution in [0.5, 0.6) is 0 Å². The van der Waals surface area contributed by atoms with Crippen molar-refractivity contribution in [1.29, 1.82) is 0 Å². The van der Waals surface area contributed by atoms with Crippen molar-refractivity contribution in [3.8, 4) is 0 Å². The van der Waals surface area contributed by atoms with Crippen LogP contribution in [0.1, 0.15) is 51.1 Å². The number of hydrogen-bond acceptors (Lipinski definition) is 2. The van der Waals surface area contributed by atoms with Gasteiger partial charge in [-0.1, -0.05) is 19.1 Å². The van der Waals surface area contributed by atoms with E-state index in [1.54, 1.807) is 0 Å². The molecule has 18 heavy (non-hydrogen) atoms. The summed E-state index contributed by atoms with van der Waals surface area (Å²) in [5.74, 6) is 0. The molecule has 0 radical (unpaired) electrons. The Balaban J connectivity index is 2.04. The van der Waals surface area contributed by atoms with E-state index in [2.05, 4.69) is 48.3 Å². The summed E-state index contributed by atoms with van der Waals surface area (Å²) in [4.78, 5) is 2.53. The predicted octanol–water partition coefficient (Wildman–Crippen LogP) is 3.74. The lowest BCUT2D eigenvalue weighted by molar-refractivity contribution is 0.566. The molecule has 2 nitrogen and oxygen atoms in total. The Kier molecular flexibility index (Phi) is 5.06. The second-order valence-corrected chi connectivity index (χ2v) is 5.32. The molecular weight excluding hydrogens is 220 g/mol. The second-order valence-electron chi connectivity index (χ2n) is 5.32. The van der Waals surface area contributed by atoms with E-state index in [1.165, 1.54) is 50.0 Å².